The summed E-state index contributed by atoms with van der Waals surface area (Å²) in [5, 5.41) is 136. The highest BCUT2D eigenvalue weighted by Gasteiger charge is 2.64. The summed E-state index contributed by atoms with van der Waals surface area (Å²) in [7, 11) is 0. The molecule has 0 amide bonds. The average molecular weight is 1050 g/mol. The monoisotopic (exact) mass is 1050 g/mol. The highest BCUT2D eigenvalue weighted by molar-refractivity contribution is 5.30. The molecule has 73 heavy (non-hydrogen) atoms. The molecule has 5 heterocycles. The first-order valence-corrected chi connectivity index (χ1v) is 26.5. The fourth-order valence-corrected chi connectivity index (χ4v) is 14.5. The van der Waals surface area contributed by atoms with Crippen LogP contribution in [-0.2, 0) is 42.6 Å². The van der Waals surface area contributed by atoms with Gasteiger partial charge in [0.2, 0.25) is 0 Å². The molecule has 5 unspecified atom stereocenters. The summed E-state index contributed by atoms with van der Waals surface area (Å²) in [6, 6.07) is 0. The fraction of sp³-hybridized carbons (Fsp3) is 0.922. The Morgan fingerprint density at radius 1 is 0.644 bits per heavy atom. The van der Waals surface area contributed by atoms with Gasteiger partial charge in [0, 0.05) is 12.3 Å². The SMILES string of the molecule is CC1=C(CC[C@H](C)CO[C@H]2O[C@@H](CO)[C@H](O)[C@@H](O)[C@@H]2O)OC2CC3C4CC=C5C[C@H](O[C@H]6O[C@@H](CO)[C@H](O)[C@@H](O[C@H]7O[C@@H](CO)[C@H](O)[C@@H](O)[C@@H]7O)[C@@H]6O[C@H]6O[C@H](C)[C@@H](O)[C@H](O)[C@@H]6O)CC[C@@]5(C)C4CC[C@@]3(C)C12. The Hall–Kier alpha value is -1.56. The predicted molar refractivity (Wildman–Crippen MR) is 249 cm³/mol. The lowest BCUT2D eigenvalue weighted by Crippen LogP contribution is -2.67. The highest BCUT2D eigenvalue weighted by Crippen LogP contribution is 2.69. The van der Waals surface area contributed by atoms with Gasteiger partial charge in [-0.15, -0.1) is 0 Å². The Balaban J connectivity index is 0.867. The van der Waals surface area contributed by atoms with Crippen molar-refractivity contribution in [3.8, 4) is 0 Å². The van der Waals surface area contributed by atoms with Crippen molar-refractivity contribution >= 4 is 0 Å². The topological polar surface area (TPSA) is 346 Å². The van der Waals surface area contributed by atoms with Gasteiger partial charge in [-0.25, -0.2) is 0 Å². The minimum absolute atomic E-state index is 0.0500. The van der Waals surface area contributed by atoms with Crippen molar-refractivity contribution in [2.24, 2.45) is 40.4 Å². The van der Waals surface area contributed by atoms with E-state index in [-0.39, 0.29) is 29.5 Å². The number of allylic oxidation sites excluding steroid dienone is 2. The van der Waals surface area contributed by atoms with E-state index in [9.17, 15) is 66.4 Å². The lowest BCUT2D eigenvalue weighted by atomic mass is 9.47. The number of fused-ring (bicyclic) bond motifs is 7. The van der Waals surface area contributed by atoms with Gasteiger partial charge in [-0.1, -0.05) is 32.4 Å². The standard InChI is InChI=1S/C51H82O22/c1-20(19-65-46-41(62)39(60)35(56)30(16-52)69-46)6-9-28-21(2)33-29(68-28)15-27-25-8-7-23-14-24(10-12-50(23,4)26(25)11-13-51(27,33)5)67-49-45(73-47-42(63)38(59)34(55)22(3)66-47)44(37(58)32(18-54)71-49)72-48-43(64)40(61)36(57)31(17-53)70-48/h7,20,22,24-27,29-49,52-64H,6,8-19H2,1-5H3/t20-,22+,24+,25?,26?,27?,29?,30-,31-,32-,33?,34+,35-,36-,37-,38-,39+,40+,41-,42-,43-,44+,45-,46-,47+,48+,49-,50+,51+/m0/s1. The van der Waals surface area contributed by atoms with Gasteiger partial charge in [0.25, 0.3) is 0 Å². The number of rotatable bonds is 15. The Morgan fingerprint density at radius 2 is 1.22 bits per heavy atom. The molecule has 5 aliphatic heterocycles. The number of ether oxygens (including phenoxy) is 9. The van der Waals surface area contributed by atoms with Crippen LogP contribution in [0.25, 0.3) is 0 Å². The summed E-state index contributed by atoms with van der Waals surface area (Å²) in [5.41, 5.74) is 2.50. The van der Waals surface area contributed by atoms with Gasteiger partial charge in [0.15, 0.2) is 25.2 Å². The number of hydrogen-bond acceptors (Lipinski definition) is 22. The van der Waals surface area contributed by atoms with E-state index in [4.69, 9.17) is 42.6 Å². The largest absolute Gasteiger partial charge is 0.494 e. The minimum atomic E-state index is -1.87. The van der Waals surface area contributed by atoms with Crippen molar-refractivity contribution in [1.82, 2.24) is 0 Å². The predicted octanol–water partition coefficient (Wildman–Crippen LogP) is -2.06. The molecule has 0 bridgehead atoms. The summed E-state index contributed by atoms with van der Waals surface area (Å²) in [5.74, 6) is 2.70. The molecular weight excluding hydrogens is 965 g/mol. The van der Waals surface area contributed by atoms with E-state index in [0.717, 1.165) is 50.7 Å². The van der Waals surface area contributed by atoms with Crippen LogP contribution >= 0.6 is 0 Å². The van der Waals surface area contributed by atoms with Crippen LogP contribution < -0.4 is 0 Å². The van der Waals surface area contributed by atoms with Crippen molar-refractivity contribution in [3.05, 3.63) is 23.0 Å². The summed E-state index contributed by atoms with van der Waals surface area (Å²) in [6.45, 7) is 8.79. The van der Waals surface area contributed by atoms with Crippen molar-refractivity contribution in [2.75, 3.05) is 26.4 Å². The van der Waals surface area contributed by atoms with Crippen LogP contribution in [0.4, 0.5) is 0 Å². The highest BCUT2D eigenvalue weighted by atomic mass is 16.8. The molecule has 0 radical (unpaired) electrons. The van der Waals surface area contributed by atoms with Crippen molar-refractivity contribution in [2.45, 2.75) is 227 Å². The first kappa shape index (κ1) is 56.2. The van der Waals surface area contributed by atoms with Crippen molar-refractivity contribution < 1.29 is 109 Å². The van der Waals surface area contributed by atoms with Crippen LogP contribution in [0, 0.1) is 40.4 Å². The molecule has 7 fully saturated rings. The van der Waals surface area contributed by atoms with E-state index >= 15 is 0 Å². The van der Waals surface area contributed by atoms with E-state index < -0.39 is 149 Å². The quantitative estimate of drug-likeness (QED) is 0.0785. The van der Waals surface area contributed by atoms with E-state index in [1.807, 2.05) is 6.92 Å². The van der Waals surface area contributed by atoms with Gasteiger partial charge in [-0.2, -0.15) is 0 Å². The van der Waals surface area contributed by atoms with Gasteiger partial charge >= 0.3 is 0 Å². The van der Waals surface area contributed by atoms with Gasteiger partial charge in [0.05, 0.1) is 44.4 Å². The second kappa shape index (κ2) is 22.3. The third kappa shape index (κ3) is 10.2. The molecule has 418 valence electrons. The zero-order valence-corrected chi connectivity index (χ0v) is 42.3. The molecule has 3 saturated carbocycles. The Morgan fingerprint density at radius 3 is 1.88 bits per heavy atom. The fourth-order valence-electron chi connectivity index (χ4n) is 14.5. The lowest BCUT2D eigenvalue weighted by Gasteiger charge is -2.58. The molecule has 22 heteroatoms. The molecule has 0 aromatic rings. The average Bonchev–Trinajstić information content (AvgIpc) is 3.86. The first-order valence-electron chi connectivity index (χ1n) is 26.5. The zero-order chi connectivity index (χ0) is 52.6. The van der Waals surface area contributed by atoms with Crippen LogP contribution in [0.1, 0.15) is 92.4 Å². The summed E-state index contributed by atoms with van der Waals surface area (Å²) >= 11 is 0. The minimum Gasteiger partial charge on any atom is -0.494 e. The normalized spacial score (nSPS) is 52.4. The maximum atomic E-state index is 11.6. The third-order valence-corrected chi connectivity index (χ3v) is 18.9. The molecule has 0 aromatic carbocycles. The molecule has 9 aliphatic rings. The zero-order valence-electron chi connectivity index (χ0n) is 42.3. The lowest BCUT2D eigenvalue weighted by molar-refractivity contribution is -0.394. The molecule has 4 saturated heterocycles. The maximum Gasteiger partial charge on any atom is 0.187 e. The van der Waals surface area contributed by atoms with Crippen LogP contribution in [0.3, 0.4) is 0 Å². The van der Waals surface area contributed by atoms with E-state index in [2.05, 4.69) is 26.8 Å². The van der Waals surface area contributed by atoms with Crippen LogP contribution in [0.15, 0.2) is 23.0 Å². The number of aliphatic hydroxyl groups is 13. The van der Waals surface area contributed by atoms with Crippen molar-refractivity contribution in [1.29, 1.82) is 0 Å². The van der Waals surface area contributed by atoms with Crippen LogP contribution in [0.5, 0.6) is 0 Å². The molecule has 29 atom stereocenters. The van der Waals surface area contributed by atoms with E-state index in [1.54, 1.807) is 0 Å². The Kier molecular flexibility index (Phi) is 17.2. The first-order chi connectivity index (χ1) is 34.6. The van der Waals surface area contributed by atoms with E-state index in [1.165, 1.54) is 18.1 Å². The molecule has 0 aromatic heterocycles. The van der Waals surface area contributed by atoms with Gasteiger partial charge in [-0.3, -0.25) is 0 Å². The van der Waals surface area contributed by atoms with Crippen molar-refractivity contribution in [3.63, 3.8) is 0 Å². The van der Waals surface area contributed by atoms with Gasteiger partial charge in [0.1, 0.15) is 97.7 Å². The second-order valence-corrected chi connectivity index (χ2v) is 23.3. The van der Waals surface area contributed by atoms with Crippen LogP contribution in [0.2, 0.25) is 0 Å². The number of hydrogen-bond donors (Lipinski definition) is 13. The molecule has 22 nitrogen and oxygen atoms in total. The maximum absolute atomic E-state index is 11.6. The third-order valence-electron chi connectivity index (χ3n) is 18.9. The van der Waals surface area contributed by atoms with E-state index in [0.29, 0.717) is 36.5 Å². The Labute approximate surface area is 425 Å². The molecule has 13 N–H and O–H groups in total. The molecular formula is C51H82O22. The second-order valence-electron chi connectivity index (χ2n) is 23.3. The summed E-state index contributed by atoms with van der Waals surface area (Å²) in [4.78, 5) is 0. The molecule has 4 aliphatic carbocycles. The van der Waals surface area contributed by atoms with Gasteiger partial charge in [-0.05, 0) is 105 Å². The molecule has 9 rings (SSSR count). The van der Waals surface area contributed by atoms with Crippen LogP contribution in [-0.4, -0.2) is 228 Å². The number of aliphatic hydroxyl groups excluding tert-OH is 13. The molecule has 0 spiro atoms. The summed E-state index contributed by atoms with van der Waals surface area (Å²) in [6.07, 6.45) is -20.8. The Bertz CT molecular complexity index is 1940. The smallest absolute Gasteiger partial charge is 0.187 e. The van der Waals surface area contributed by atoms with Gasteiger partial charge < -0.3 is 109 Å². The summed E-state index contributed by atoms with van der Waals surface area (Å²) < 4.78 is 55.0.